The second-order valence-corrected chi connectivity index (χ2v) is 8.09. The SMILES string of the molecule is CCCNCCCS(=O)(=O)NCC1CCCCS1. The molecule has 1 rings (SSSR count). The van der Waals surface area contributed by atoms with E-state index < -0.39 is 10.0 Å². The second-order valence-electron chi connectivity index (χ2n) is 4.76. The predicted octanol–water partition coefficient (Wildman–Crippen LogP) is 1.58. The topological polar surface area (TPSA) is 58.2 Å². The maximum absolute atomic E-state index is 11.8. The van der Waals surface area contributed by atoms with E-state index in [9.17, 15) is 8.42 Å². The van der Waals surface area contributed by atoms with Crippen LogP contribution >= 0.6 is 11.8 Å². The lowest BCUT2D eigenvalue weighted by atomic mass is 10.2. The average molecular weight is 294 g/mol. The van der Waals surface area contributed by atoms with Crippen LogP contribution in [0.15, 0.2) is 0 Å². The molecule has 0 aromatic rings. The Bertz CT molecular complexity index is 301. The first-order valence-corrected chi connectivity index (χ1v) is 9.64. The van der Waals surface area contributed by atoms with Crippen LogP contribution in [0, 0.1) is 0 Å². The summed E-state index contributed by atoms with van der Waals surface area (Å²) in [5.41, 5.74) is 0. The second kappa shape index (κ2) is 9.18. The monoisotopic (exact) mass is 294 g/mol. The standard InChI is InChI=1S/C12H26N2O2S2/c1-2-7-13-8-5-10-18(15,16)14-11-12-6-3-4-9-17-12/h12-14H,2-11H2,1H3. The Kier molecular flexibility index (Phi) is 8.30. The molecule has 0 amide bonds. The molecule has 0 aromatic carbocycles. The van der Waals surface area contributed by atoms with E-state index in [1.807, 2.05) is 11.8 Å². The van der Waals surface area contributed by atoms with Crippen LogP contribution in [0.2, 0.25) is 0 Å². The van der Waals surface area contributed by atoms with Gasteiger partial charge in [-0.1, -0.05) is 13.3 Å². The highest BCUT2D eigenvalue weighted by atomic mass is 32.2. The Balaban J connectivity index is 2.10. The van der Waals surface area contributed by atoms with Crippen molar-refractivity contribution in [1.82, 2.24) is 10.0 Å². The van der Waals surface area contributed by atoms with Gasteiger partial charge in [0.1, 0.15) is 0 Å². The van der Waals surface area contributed by atoms with Gasteiger partial charge in [-0.3, -0.25) is 0 Å². The molecule has 0 spiro atoms. The van der Waals surface area contributed by atoms with Crippen LogP contribution in [-0.4, -0.2) is 44.8 Å². The Morgan fingerprint density at radius 1 is 1.28 bits per heavy atom. The lowest BCUT2D eigenvalue weighted by Crippen LogP contribution is -2.34. The molecule has 0 bridgehead atoms. The van der Waals surface area contributed by atoms with Crippen molar-refractivity contribution in [2.24, 2.45) is 0 Å². The molecule has 18 heavy (non-hydrogen) atoms. The first kappa shape index (κ1) is 16.3. The summed E-state index contributed by atoms with van der Waals surface area (Å²) in [4.78, 5) is 0. The van der Waals surface area contributed by atoms with E-state index in [-0.39, 0.29) is 5.75 Å². The van der Waals surface area contributed by atoms with Crippen LogP contribution < -0.4 is 10.0 Å². The molecular weight excluding hydrogens is 268 g/mol. The van der Waals surface area contributed by atoms with E-state index in [4.69, 9.17) is 0 Å². The first-order valence-electron chi connectivity index (χ1n) is 6.93. The Morgan fingerprint density at radius 2 is 2.11 bits per heavy atom. The molecule has 2 N–H and O–H groups in total. The third kappa shape index (κ3) is 7.61. The van der Waals surface area contributed by atoms with Crippen molar-refractivity contribution in [1.29, 1.82) is 0 Å². The third-order valence-electron chi connectivity index (χ3n) is 3.00. The molecule has 6 heteroatoms. The first-order chi connectivity index (χ1) is 8.64. The minimum Gasteiger partial charge on any atom is -0.317 e. The van der Waals surface area contributed by atoms with Crippen LogP contribution in [0.1, 0.15) is 39.0 Å². The van der Waals surface area contributed by atoms with Gasteiger partial charge in [0.25, 0.3) is 0 Å². The van der Waals surface area contributed by atoms with Gasteiger partial charge in [0.2, 0.25) is 10.0 Å². The van der Waals surface area contributed by atoms with Crippen molar-refractivity contribution in [3.05, 3.63) is 0 Å². The smallest absolute Gasteiger partial charge is 0.211 e. The number of nitrogens with one attached hydrogen (secondary N) is 2. The van der Waals surface area contributed by atoms with E-state index in [2.05, 4.69) is 17.0 Å². The van der Waals surface area contributed by atoms with Crippen molar-refractivity contribution < 1.29 is 8.42 Å². The zero-order valence-corrected chi connectivity index (χ0v) is 12.9. The molecule has 0 radical (unpaired) electrons. The zero-order chi connectivity index (χ0) is 13.3. The number of sulfonamides is 1. The van der Waals surface area contributed by atoms with Crippen LogP contribution in [0.5, 0.6) is 0 Å². The highest BCUT2D eigenvalue weighted by Gasteiger charge is 2.17. The Hall–Kier alpha value is 0.220. The van der Waals surface area contributed by atoms with Crippen LogP contribution in [0.3, 0.4) is 0 Å². The molecule has 1 saturated heterocycles. The molecule has 4 nitrogen and oxygen atoms in total. The molecule has 1 aliphatic rings. The molecule has 108 valence electrons. The fourth-order valence-corrected chi connectivity index (χ4v) is 4.42. The predicted molar refractivity (Wildman–Crippen MR) is 79.7 cm³/mol. The van der Waals surface area contributed by atoms with Gasteiger partial charge in [-0.2, -0.15) is 11.8 Å². The van der Waals surface area contributed by atoms with Crippen molar-refractivity contribution in [2.75, 3.05) is 31.1 Å². The molecule has 0 saturated carbocycles. The number of thioether (sulfide) groups is 1. The molecule has 0 aliphatic carbocycles. The fourth-order valence-electron chi connectivity index (χ4n) is 1.95. The van der Waals surface area contributed by atoms with Gasteiger partial charge in [0, 0.05) is 11.8 Å². The quantitative estimate of drug-likeness (QED) is 0.634. The summed E-state index contributed by atoms with van der Waals surface area (Å²) in [6.45, 7) is 4.46. The minimum atomic E-state index is -3.07. The summed E-state index contributed by atoms with van der Waals surface area (Å²) in [6, 6.07) is 0. The van der Waals surface area contributed by atoms with Gasteiger partial charge in [0.15, 0.2) is 0 Å². The molecule has 1 fully saturated rings. The average Bonchev–Trinajstić information content (AvgIpc) is 2.38. The third-order valence-corrected chi connectivity index (χ3v) is 5.83. The van der Waals surface area contributed by atoms with Crippen molar-refractivity contribution in [2.45, 2.75) is 44.3 Å². The van der Waals surface area contributed by atoms with E-state index in [1.54, 1.807) is 0 Å². The van der Waals surface area contributed by atoms with Gasteiger partial charge < -0.3 is 5.32 Å². The zero-order valence-electron chi connectivity index (χ0n) is 11.3. The summed E-state index contributed by atoms with van der Waals surface area (Å²) < 4.78 is 26.3. The van der Waals surface area contributed by atoms with E-state index in [0.717, 1.165) is 25.9 Å². The Morgan fingerprint density at radius 3 is 2.78 bits per heavy atom. The van der Waals surface area contributed by atoms with Gasteiger partial charge in [-0.15, -0.1) is 0 Å². The largest absolute Gasteiger partial charge is 0.317 e. The summed E-state index contributed by atoms with van der Waals surface area (Å²) >= 11 is 1.90. The van der Waals surface area contributed by atoms with E-state index in [1.165, 1.54) is 18.6 Å². The molecular formula is C12H26N2O2S2. The lowest BCUT2D eigenvalue weighted by Gasteiger charge is -2.21. The highest BCUT2D eigenvalue weighted by Crippen LogP contribution is 2.24. The van der Waals surface area contributed by atoms with Crippen LogP contribution in [0.4, 0.5) is 0 Å². The van der Waals surface area contributed by atoms with Crippen molar-refractivity contribution in [3.63, 3.8) is 0 Å². The molecule has 1 unspecified atom stereocenters. The maximum Gasteiger partial charge on any atom is 0.211 e. The molecule has 1 aliphatic heterocycles. The molecule has 1 heterocycles. The van der Waals surface area contributed by atoms with Crippen molar-refractivity contribution in [3.8, 4) is 0 Å². The summed E-state index contributed by atoms with van der Waals surface area (Å²) in [6.07, 6.45) is 5.43. The number of rotatable bonds is 9. The summed E-state index contributed by atoms with van der Waals surface area (Å²) in [5.74, 6) is 1.41. The Labute approximate surface area is 116 Å². The van der Waals surface area contributed by atoms with Crippen LogP contribution in [-0.2, 0) is 10.0 Å². The lowest BCUT2D eigenvalue weighted by molar-refractivity contribution is 0.568. The highest BCUT2D eigenvalue weighted by molar-refractivity contribution is 8.00. The van der Waals surface area contributed by atoms with E-state index >= 15 is 0 Å². The normalized spacial score (nSPS) is 21.1. The minimum absolute atomic E-state index is 0.237. The van der Waals surface area contributed by atoms with E-state index in [0.29, 0.717) is 18.2 Å². The van der Waals surface area contributed by atoms with Gasteiger partial charge >= 0.3 is 0 Å². The van der Waals surface area contributed by atoms with Crippen LogP contribution in [0.25, 0.3) is 0 Å². The summed E-state index contributed by atoms with van der Waals surface area (Å²) in [5, 5.41) is 3.70. The summed E-state index contributed by atoms with van der Waals surface area (Å²) in [7, 11) is -3.07. The van der Waals surface area contributed by atoms with Gasteiger partial charge in [-0.25, -0.2) is 13.1 Å². The molecule has 0 aromatic heterocycles. The fraction of sp³-hybridized carbons (Fsp3) is 1.00. The van der Waals surface area contributed by atoms with Crippen molar-refractivity contribution >= 4 is 21.8 Å². The number of hydrogen-bond acceptors (Lipinski definition) is 4. The number of hydrogen-bond donors (Lipinski definition) is 2. The molecule has 1 atom stereocenters. The maximum atomic E-state index is 11.8. The van der Waals surface area contributed by atoms with Gasteiger partial charge in [-0.05, 0) is 44.5 Å². The van der Waals surface area contributed by atoms with Gasteiger partial charge in [0.05, 0.1) is 5.75 Å².